The fraction of sp³-hybridized carbons (Fsp3) is 0.269. The molecule has 2 atom stereocenters. The number of esters is 1. The molecule has 1 aliphatic rings. The molecule has 0 saturated carbocycles. The third-order valence-corrected chi connectivity index (χ3v) is 7.05. The van der Waals surface area contributed by atoms with E-state index in [2.05, 4.69) is 9.72 Å². The van der Waals surface area contributed by atoms with Crippen molar-refractivity contribution in [2.45, 2.75) is 24.6 Å². The van der Waals surface area contributed by atoms with E-state index in [0.717, 1.165) is 12.1 Å². The minimum absolute atomic E-state index is 0.00809. The van der Waals surface area contributed by atoms with E-state index in [4.69, 9.17) is 32.7 Å². The first-order valence-corrected chi connectivity index (χ1v) is 12.1. The van der Waals surface area contributed by atoms with E-state index < -0.39 is 35.1 Å². The lowest BCUT2D eigenvalue weighted by molar-refractivity contribution is -0.274. The zero-order valence-corrected chi connectivity index (χ0v) is 22.2. The van der Waals surface area contributed by atoms with Gasteiger partial charge in [-0.15, -0.1) is 0 Å². The number of aliphatic hydroxyl groups is 1. The molecule has 0 bridgehead atoms. The van der Waals surface area contributed by atoms with Crippen LogP contribution in [0.25, 0.3) is 0 Å². The smallest absolute Gasteiger partial charge is 0.422 e. The Morgan fingerprint density at radius 3 is 2.49 bits per heavy atom. The van der Waals surface area contributed by atoms with E-state index >= 15 is 0 Å². The van der Waals surface area contributed by atoms with Crippen LogP contribution < -0.4 is 14.4 Å². The Bertz CT molecular complexity index is 1450. The number of nitrogens with zero attached hydrogens (tertiary/aromatic N) is 2. The van der Waals surface area contributed by atoms with Gasteiger partial charge in [0.25, 0.3) is 5.91 Å². The number of hydrogen-bond acceptors (Lipinski definition) is 7. The van der Waals surface area contributed by atoms with Crippen LogP contribution in [-0.4, -0.2) is 48.9 Å². The number of benzene rings is 2. The number of alkyl halides is 3. The number of ether oxygens (including phenoxy) is 3. The van der Waals surface area contributed by atoms with Gasteiger partial charge in [0.05, 0.1) is 18.4 Å². The van der Waals surface area contributed by atoms with Gasteiger partial charge in [0.1, 0.15) is 16.7 Å². The first-order valence-electron chi connectivity index (χ1n) is 11.3. The number of anilines is 1. The molecule has 13 heteroatoms. The average molecular weight is 585 g/mol. The van der Waals surface area contributed by atoms with Crippen LogP contribution in [0.15, 0.2) is 48.5 Å². The van der Waals surface area contributed by atoms with Crippen LogP contribution in [0.4, 0.5) is 18.9 Å². The van der Waals surface area contributed by atoms with Crippen molar-refractivity contribution in [3.05, 3.63) is 75.4 Å². The normalized spacial score (nSPS) is 15.6. The van der Waals surface area contributed by atoms with E-state index in [1.807, 2.05) is 0 Å². The summed E-state index contributed by atoms with van der Waals surface area (Å²) in [5.74, 6) is -2.40. The fourth-order valence-corrected chi connectivity index (χ4v) is 4.73. The highest BCUT2D eigenvalue weighted by atomic mass is 35.5. The number of pyridine rings is 1. The van der Waals surface area contributed by atoms with Gasteiger partial charge < -0.3 is 24.2 Å². The van der Waals surface area contributed by atoms with Crippen LogP contribution in [-0.2, 0) is 15.1 Å². The van der Waals surface area contributed by atoms with Crippen LogP contribution in [0, 0.1) is 0 Å². The average Bonchev–Trinajstić information content (AvgIpc) is 2.89. The van der Waals surface area contributed by atoms with Crippen LogP contribution in [0.1, 0.15) is 34.3 Å². The maximum Gasteiger partial charge on any atom is 0.422 e. The SMILES string of the molecule is COC(=O)c1ccc(Oc2ccc(C(C)C(O)(c3ccc4c(c3)N(C)C(=O)CO4)C(F)(F)F)c(Cl)c2)nc1Cl. The molecule has 1 aromatic heterocycles. The van der Waals surface area contributed by atoms with Crippen LogP contribution in [0.2, 0.25) is 10.2 Å². The quantitative estimate of drug-likeness (QED) is 0.285. The van der Waals surface area contributed by atoms with E-state index in [1.165, 1.54) is 62.4 Å². The Morgan fingerprint density at radius 2 is 1.87 bits per heavy atom. The Balaban J connectivity index is 1.67. The van der Waals surface area contributed by atoms with Crippen molar-refractivity contribution >= 4 is 40.8 Å². The number of aromatic nitrogens is 1. The molecular formula is C26H21Cl2F3N2O6. The Labute approximate surface area is 230 Å². The van der Waals surface area contributed by atoms with Crippen molar-refractivity contribution < 1.29 is 42.1 Å². The van der Waals surface area contributed by atoms with Crippen molar-refractivity contribution in [3.63, 3.8) is 0 Å². The van der Waals surface area contributed by atoms with Crippen LogP contribution in [0.5, 0.6) is 17.4 Å². The minimum Gasteiger partial charge on any atom is -0.482 e. The summed E-state index contributed by atoms with van der Waals surface area (Å²) in [7, 11) is 2.59. The highest BCUT2D eigenvalue weighted by molar-refractivity contribution is 6.32. The zero-order valence-electron chi connectivity index (χ0n) is 20.7. The minimum atomic E-state index is -5.13. The summed E-state index contributed by atoms with van der Waals surface area (Å²) in [6.45, 7) is 0.941. The van der Waals surface area contributed by atoms with E-state index in [0.29, 0.717) is 0 Å². The fourth-order valence-electron chi connectivity index (χ4n) is 4.17. The second-order valence-corrected chi connectivity index (χ2v) is 9.44. The van der Waals surface area contributed by atoms with Gasteiger partial charge in [0.2, 0.25) is 5.88 Å². The molecule has 2 aromatic carbocycles. The summed E-state index contributed by atoms with van der Waals surface area (Å²) in [6.07, 6.45) is -5.13. The summed E-state index contributed by atoms with van der Waals surface area (Å²) < 4.78 is 59.0. The third-order valence-electron chi connectivity index (χ3n) is 6.43. The van der Waals surface area contributed by atoms with Gasteiger partial charge in [-0.2, -0.15) is 13.2 Å². The predicted molar refractivity (Wildman–Crippen MR) is 136 cm³/mol. The molecule has 4 rings (SSSR count). The van der Waals surface area contributed by atoms with Crippen molar-refractivity contribution in [2.75, 3.05) is 25.7 Å². The lowest BCUT2D eigenvalue weighted by Crippen LogP contribution is -2.47. The van der Waals surface area contributed by atoms with Crippen LogP contribution >= 0.6 is 23.2 Å². The third kappa shape index (κ3) is 5.21. The molecule has 206 valence electrons. The summed E-state index contributed by atoms with van der Waals surface area (Å²) in [5, 5.41) is 10.9. The van der Waals surface area contributed by atoms with E-state index in [1.54, 1.807) is 0 Å². The molecule has 2 unspecified atom stereocenters. The van der Waals surface area contributed by atoms with Crippen molar-refractivity contribution in [1.82, 2.24) is 4.98 Å². The predicted octanol–water partition coefficient (Wildman–Crippen LogP) is 5.88. The summed E-state index contributed by atoms with van der Waals surface area (Å²) in [5.41, 5.74) is -3.78. The van der Waals surface area contributed by atoms with E-state index in [9.17, 15) is 27.9 Å². The van der Waals surface area contributed by atoms with Crippen molar-refractivity contribution in [1.29, 1.82) is 0 Å². The Morgan fingerprint density at radius 1 is 1.15 bits per heavy atom. The topological polar surface area (TPSA) is 98.2 Å². The maximum absolute atomic E-state index is 14.5. The second kappa shape index (κ2) is 10.6. The first-order chi connectivity index (χ1) is 18.3. The number of fused-ring (bicyclic) bond motifs is 1. The zero-order chi connectivity index (χ0) is 28.7. The van der Waals surface area contributed by atoms with Gasteiger partial charge in [-0.05, 0) is 41.5 Å². The molecular weight excluding hydrogens is 564 g/mol. The van der Waals surface area contributed by atoms with Gasteiger partial charge in [-0.3, -0.25) is 4.79 Å². The molecule has 8 nitrogen and oxygen atoms in total. The number of carbonyl (C=O) groups is 2. The van der Waals surface area contributed by atoms with Crippen molar-refractivity contribution in [2.24, 2.45) is 0 Å². The summed E-state index contributed by atoms with van der Waals surface area (Å²) in [6, 6.07) is 10.1. The summed E-state index contributed by atoms with van der Waals surface area (Å²) in [4.78, 5) is 28.8. The molecule has 0 saturated heterocycles. The van der Waals surface area contributed by atoms with Gasteiger partial charge >= 0.3 is 12.1 Å². The van der Waals surface area contributed by atoms with Gasteiger partial charge in [-0.1, -0.05) is 42.3 Å². The number of halogens is 5. The number of amides is 1. The van der Waals surface area contributed by atoms with Gasteiger partial charge in [0, 0.05) is 24.1 Å². The van der Waals surface area contributed by atoms with Gasteiger partial charge in [0.15, 0.2) is 12.2 Å². The number of rotatable bonds is 6. The number of hydrogen-bond donors (Lipinski definition) is 1. The largest absolute Gasteiger partial charge is 0.482 e. The second-order valence-electron chi connectivity index (χ2n) is 8.67. The molecule has 0 aliphatic carbocycles. The highest BCUT2D eigenvalue weighted by Gasteiger charge is 2.59. The lowest BCUT2D eigenvalue weighted by Gasteiger charge is -2.38. The Kier molecular flexibility index (Phi) is 7.70. The molecule has 0 spiro atoms. The van der Waals surface area contributed by atoms with Gasteiger partial charge in [-0.25, -0.2) is 9.78 Å². The highest BCUT2D eigenvalue weighted by Crippen LogP contribution is 2.51. The van der Waals surface area contributed by atoms with Crippen molar-refractivity contribution in [3.8, 4) is 17.4 Å². The maximum atomic E-state index is 14.5. The molecule has 0 radical (unpaired) electrons. The van der Waals surface area contributed by atoms with Crippen LogP contribution in [0.3, 0.4) is 0 Å². The Hall–Kier alpha value is -3.54. The van der Waals surface area contributed by atoms with E-state index in [-0.39, 0.29) is 51.0 Å². The molecule has 2 heterocycles. The number of carbonyl (C=O) groups excluding carboxylic acids is 2. The molecule has 0 fully saturated rings. The molecule has 1 amide bonds. The molecule has 39 heavy (non-hydrogen) atoms. The standard InChI is InChI=1S/C26H21Cl2F3N2O6/c1-13(25(36,26(29,30)31)14-4-8-20-19(10-14)33(2)22(34)12-38-20)16-6-5-15(11-18(16)27)39-21-9-7-17(23(28)32-21)24(35)37-3/h4-11,13,36H,12H2,1-3H3. The summed E-state index contributed by atoms with van der Waals surface area (Å²) >= 11 is 12.4. The number of methoxy groups -OCH3 is 1. The monoisotopic (exact) mass is 584 g/mol. The molecule has 1 N–H and O–H groups in total. The molecule has 3 aromatic rings. The lowest BCUT2D eigenvalue weighted by atomic mass is 9.77. The number of likely N-dealkylation sites (N-methyl/N-ethyl adjacent to an activating group) is 1. The first kappa shape index (κ1) is 28.5. The molecule has 1 aliphatic heterocycles.